The van der Waals surface area contributed by atoms with Crippen LogP contribution < -0.4 is 10.5 Å². The number of fused-ring (bicyclic) bond motifs is 9. The van der Waals surface area contributed by atoms with Crippen LogP contribution >= 0.6 is 0 Å². The van der Waals surface area contributed by atoms with Gasteiger partial charge in [0.1, 0.15) is 12.7 Å². The van der Waals surface area contributed by atoms with Crippen LogP contribution in [-0.2, 0) is 11.3 Å². The summed E-state index contributed by atoms with van der Waals surface area (Å²) in [5.74, 6) is -0.260. The molecule has 0 saturated carbocycles. The maximum Gasteiger partial charge on any atom is 0.260 e. The van der Waals surface area contributed by atoms with Crippen molar-refractivity contribution in [2.75, 3.05) is 24.5 Å². The molecule has 0 N–H and O–H groups in total. The molecule has 3 aromatic rings. The Bertz CT molecular complexity index is 1510. The minimum Gasteiger partial charge on any atom is -0.340 e. The van der Waals surface area contributed by atoms with E-state index in [1.54, 1.807) is 41.3 Å². The molecule has 5 heterocycles. The first-order valence-electron chi connectivity index (χ1n) is 12.3. The molecule has 0 aliphatic carbocycles. The fraction of sp³-hybridized carbons (Fsp3) is 0.286. The van der Waals surface area contributed by atoms with Gasteiger partial charge in [0.05, 0.1) is 11.3 Å². The SMILES string of the molecule is O=C(CN1C(=O)c2ccccc2N2C(=O)c3ccccc3[C@H]12)N1C[C@H]2C[C@@H](C1)c1cccc(=O)n1C2. The van der Waals surface area contributed by atoms with E-state index >= 15 is 0 Å². The third-order valence-corrected chi connectivity index (χ3v) is 8.02. The lowest BCUT2D eigenvalue weighted by Gasteiger charge is -2.44. The number of piperidine rings is 1. The topological polar surface area (TPSA) is 82.9 Å². The van der Waals surface area contributed by atoms with E-state index in [2.05, 4.69) is 0 Å². The van der Waals surface area contributed by atoms with Crippen LogP contribution in [0.4, 0.5) is 5.69 Å². The second-order valence-corrected chi connectivity index (χ2v) is 10.1. The molecule has 180 valence electrons. The van der Waals surface area contributed by atoms with Crippen molar-refractivity contribution in [2.45, 2.75) is 25.0 Å². The summed E-state index contributed by atoms with van der Waals surface area (Å²) in [6.07, 6.45) is 0.297. The molecule has 36 heavy (non-hydrogen) atoms. The molecule has 3 atom stereocenters. The summed E-state index contributed by atoms with van der Waals surface area (Å²) in [7, 11) is 0. The van der Waals surface area contributed by atoms with Gasteiger partial charge in [0.2, 0.25) is 5.91 Å². The van der Waals surface area contributed by atoms with Crippen molar-refractivity contribution in [3.05, 3.63) is 99.5 Å². The first-order chi connectivity index (χ1) is 17.5. The summed E-state index contributed by atoms with van der Waals surface area (Å²) >= 11 is 0. The number of hydrogen-bond acceptors (Lipinski definition) is 4. The molecular formula is C28H24N4O4. The first kappa shape index (κ1) is 21.1. The Morgan fingerprint density at radius 3 is 2.44 bits per heavy atom. The van der Waals surface area contributed by atoms with Gasteiger partial charge in [-0.1, -0.05) is 36.4 Å². The number of carbonyl (C=O) groups excluding carboxylic acids is 3. The largest absolute Gasteiger partial charge is 0.340 e. The van der Waals surface area contributed by atoms with Crippen LogP contribution in [0.1, 0.15) is 50.5 Å². The predicted molar refractivity (Wildman–Crippen MR) is 132 cm³/mol. The van der Waals surface area contributed by atoms with E-state index in [-0.39, 0.29) is 41.7 Å². The van der Waals surface area contributed by atoms with Crippen LogP contribution in [-0.4, -0.2) is 51.7 Å². The quantitative estimate of drug-likeness (QED) is 0.565. The van der Waals surface area contributed by atoms with E-state index in [1.807, 2.05) is 39.8 Å². The normalized spacial score (nSPS) is 23.7. The molecule has 1 aromatic heterocycles. The van der Waals surface area contributed by atoms with E-state index in [0.29, 0.717) is 36.4 Å². The molecule has 1 saturated heterocycles. The second-order valence-electron chi connectivity index (χ2n) is 10.1. The molecule has 7 rings (SSSR count). The number of benzene rings is 2. The summed E-state index contributed by atoms with van der Waals surface area (Å²) in [6, 6.07) is 19.7. The smallest absolute Gasteiger partial charge is 0.260 e. The van der Waals surface area contributed by atoms with Crippen molar-refractivity contribution >= 4 is 23.4 Å². The highest BCUT2D eigenvalue weighted by atomic mass is 16.2. The zero-order valence-electron chi connectivity index (χ0n) is 19.5. The van der Waals surface area contributed by atoms with Crippen molar-refractivity contribution in [3.8, 4) is 0 Å². The van der Waals surface area contributed by atoms with Gasteiger partial charge < -0.3 is 14.4 Å². The van der Waals surface area contributed by atoms with Gasteiger partial charge in [-0.25, -0.2) is 0 Å². The Morgan fingerprint density at radius 2 is 1.58 bits per heavy atom. The third kappa shape index (κ3) is 2.93. The maximum absolute atomic E-state index is 13.7. The lowest BCUT2D eigenvalue weighted by molar-refractivity contribution is -0.135. The molecule has 8 heteroatoms. The zero-order chi connectivity index (χ0) is 24.6. The first-order valence-corrected chi connectivity index (χ1v) is 12.3. The predicted octanol–water partition coefficient (Wildman–Crippen LogP) is 2.61. The molecule has 4 aliphatic rings. The molecule has 3 amide bonds. The van der Waals surface area contributed by atoms with Crippen LogP contribution in [0.25, 0.3) is 0 Å². The Labute approximate surface area is 207 Å². The van der Waals surface area contributed by atoms with Gasteiger partial charge >= 0.3 is 0 Å². The third-order valence-electron chi connectivity index (χ3n) is 8.02. The van der Waals surface area contributed by atoms with E-state index in [0.717, 1.165) is 17.7 Å². The van der Waals surface area contributed by atoms with Crippen LogP contribution in [0.15, 0.2) is 71.5 Å². The summed E-state index contributed by atoms with van der Waals surface area (Å²) < 4.78 is 1.84. The highest BCUT2D eigenvalue weighted by molar-refractivity contribution is 6.17. The highest BCUT2D eigenvalue weighted by Gasteiger charge is 2.48. The number of hydrogen-bond donors (Lipinski definition) is 0. The van der Waals surface area contributed by atoms with Gasteiger partial charge in [0, 0.05) is 48.4 Å². The van der Waals surface area contributed by atoms with Gasteiger partial charge in [-0.3, -0.25) is 24.1 Å². The Morgan fingerprint density at radius 1 is 0.806 bits per heavy atom. The number of carbonyl (C=O) groups is 3. The van der Waals surface area contributed by atoms with Crippen LogP contribution in [0, 0.1) is 5.92 Å². The molecule has 0 spiro atoms. The van der Waals surface area contributed by atoms with Gasteiger partial charge in [0.15, 0.2) is 0 Å². The summed E-state index contributed by atoms with van der Waals surface area (Å²) in [4.78, 5) is 58.1. The van der Waals surface area contributed by atoms with Crippen molar-refractivity contribution in [2.24, 2.45) is 5.92 Å². The van der Waals surface area contributed by atoms with Crippen molar-refractivity contribution in [1.82, 2.24) is 14.4 Å². The molecule has 4 aliphatic heterocycles. The number of pyridine rings is 1. The maximum atomic E-state index is 13.7. The summed E-state index contributed by atoms with van der Waals surface area (Å²) in [5.41, 5.74) is 3.27. The Balaban J connectivity index is 1.22. The van der Waals surface area contributed by atoms with E-state index in [9.17, 15) is 19.2 Å². The number of nitrogens with zero attached hydrogens (tertiary/aromatic N) is 4. The molecular weight excluding hydrogens is 456 g/mol. The fourth-order valence-electron chi connectivity index (χ4n) is 6.48. The van der Waals surface area contributed by atoms with Crippen LogP contribution in [0.5, 0.6) is 0 Å². The molecule has 8 nitrogen and oxygen atoms in total. The minimum absolute atomic E-state index is 0.00390. The monoisotopic (exact) mass is 480 g/mol. The van der Waals surface area contributed by atoms with Crippen LogP contribution in [0.2, 0.25) is 0 Å². The molecule has 2 aromatic carbocycles. The van der Waals surface area contributed by atoms with E-state index in [1.165, 1.54) is 4.90 Å². The average Bonchev–Trinajstić information content (AvgIpc) is 3.19. The molecule has 0 unspecified atom stereocenters. The Hall–Kier alpha value is -4.20. The number of likely N-dealkylation sites (tertiary alicyclic amines) is 1. The zero-order valence-corrected chi connectivity index (χ0v) is 19.5. The van der Waals surface area contributed by atoms with Gasteiger partial charge in [-0.05, 0) is 36.6 Å². The number of para-hydroxylation sites is 1. The number of aromatic nitrogens is 1. The van der Waals surface area contributed by atoms with E-state index < -0.39 is 6.17 Å². The van der Waals surface area contributed by atoms with Gasteiger partial charge in [-0.2, -0.15) is 0 Å². The van der Waals surface area contributed by atoms with Crippen molar-refractivity contribution in [1.29, 1.82) is 0 Å². The highest BCUT2D eigenvalue weighted by Crippen LogP contribution is 2.45. The lowest BCUT2D eigenvalue weighted by Crippen LogP contribution is -2.54. The Kier molecular flexibility index (Phi) is 4.49. The number of anilines is 1. The van der Waals surface area contributed by atoms with Crippen LogP contribution in [0.3, 0.4) is 0 Å². The van der Waals surface area contributed by atoms with Crippen molar-refractivity contribution in [3.63, 3.8) is 0 Å². The average molecular weight is 481 g/mol. The minimum atomic E-state index is -0.649. The summed E-state index contributed by atoms with van der Waals surface area (Å²) in [6.45, 7) is 1.56. The molecule has 0 radical (unpaired) electrons. The second kappa shape index (κ2) is 7.65. The molecule has 2 bridgehead atoms. The fourth-order valence-corrected chi connectivity index (χ4v) is 6.48. The molecule has 1 fully saturated rings. The number of rotatable bonds is 2. The van der Waals surface area contributed by atoms with E-state index in [4.69, 9.17) is 0 Å². The standard InChI is InChI=1S/C28H24N4O4/c33-24-11-5-10-22-18-12-17(14-30(22)24)13-29(15-18)25(34)16-31-26-19-6-1-2-7-20(19)28(36)32(26)23-9-4-3-8-21(23)27(31)35/h1-11,17-18,26H,12-16H2/t17-,18+,26-/m1/s1. The lowest BCUT2D eigenvalue weighted by atomic mass is 9.83. The number of amides is 3. The van der Waals surface area contributed by atoms with Crippen molar-refractivity contribution < 1.29 is 14.4 Å². The van der Waals surface area contributed by atoms with Gasteiger partial charge in [0.25, 0.3) is 17.4 Å². The van der Waals surface area contributed by atoms with Gasteiger partial charge in [-0.15, -0.1) is 0 Å². The summed E-state index contributed by atoms with van der Waals surface area (Å²) in [5, 5.41) is 0.